The van der Waals surface area contributed by atoms with E-state index in [4.69, 9.17) is 14.2 Å². The Balaban J connectivity index is 1.60. The Bertz CT molecular complexity index is 1140. The van der Waals surface area contributed by atoms with Crippen LogP contribution in [-0.2, 0) is 14.3 Å². The third-order valence-electron chi connectivity index (χ3n) is 6.10. The van der Waals surface area contributed by atoms with Gasteiger partial charge in [0, 0.05) is 17.3 Å². The molecule has 0 aliphatic heterocycles. The van der Waals surface area contributed by atoms with Crippen LogP contribution in [0.5, 0.6) is 11.5 Å². The predicted molar refractivity (Wildman–Crippen MR) is 124 cm³/mol. The van der Waals surface area contributed by atoms with E-state index in [0.29, 0.717) is 22.7 Å². The van der Waals surface area contributed by atoms with Crippen LogP contribution < -0.4 is 14.8 Å². The third kappa shape index (κ3) is 5.39. The number of hydrogen-bond acceptors (Lipinski definition) is 7. The quantitative estimate of drug-likeness (QED) is 0.439. The van der Waals surface area contributed by atoms with E-state index in [0.717, 1.165) is 36.9 Å². The summed E-state index contributed by atoms with van der Waals surface area (Å²) in [7, 11) is 1.43. The SMILES string of the molecule is COc1cc(C(C)=O)ccc1OCC(=O)OCC(=O)Nc1c(C#N)c(C)c(C)n1C1CCCC1. The van der Waals surface area contributed by atoms with Crippen molar-refractivity contribution in [1.82, 2.24) is 4.57 Å². The molecule has 1 aromatic carbocycles. The highest BCUT2D eigenvalue weighted by Gasteiger charge is 2.27. The fourth-order valence-corrected chi connectivity index (χ4v) is 4.20. The molecular weight excluding hydrogens is 438 g/mol. The highest BCUT2D eigenvalue weighted by molar-refractivity contribution is 5.95. The molecule has 0 saturated heterocycles. The van der Waals surface area contributed by atoms with E-state index >= 15 is 0 Å². The van der Waals surface area contributed by atoms with Crippen LogP contribution in [0.4, 0.5) is 5.82 Å². The van der Waals surface area contributed by atoms with E-state index in [1.807, 2.05) is 18.4 Å². The maximum atomic E-state index is 12.5. The van der Waals surface area contributed by atoms with Crippen molar-refractivity contribution in [1.29, 1.82) is 5.26 Å². The standard InChI is InChI=1S/C25H29N3O6/c1-15-16(2)28(19-7-5-6-8-19)25(20(15)12-26)27-23(30)13-34-24(31)14-33-21-10-9-18(17(3)29)11-22(21)32-4/h9-11,19H,5-8,13-14H2,1-4H3,(H,27,30). The molecule has 2 aromatic rings. The predicted octanol–water partition coefficient (Wildman–Crippen LogP) is 3.86. The number of rotatable bonds is 9. The first-order valence-corrected chi connectivity index (χ1v) is 11.2. The normalized spacial score (nSPS) is 13.3. The van der Waals surface area contributed by atoms with Crippen molar-refractivity contribution in [2.75, 3.05) is 25.6 Å². The van der Waals surface area contributed by atoms with Crippen LogP contribution in [-0.4, -0.2) is 42.6 Å². The first kappa shape index (κ1) is 24.8. The van der Waals surface area contributed by atoms with Gasteiger partial charge in [-0.2, -0.15) is 5.26 Å². The van der Waals surface area contributed by atoms with Gasteiger partial charge in [0.25, 0.3) is 5.91 Å². The largest absolute Gasteiger partial charge is 0.493 e. The van der Waals surface area contributed by atoms with Crippen molar-refractivity contribution in [3.63, 3.8) is 0 Å². The number of nitriles is 1. The highest BCUT2D eigenvalue weighted by Crippen LogP contribution is 2.37. The molecule has 34 heavy (non-hydrogen) atoms. The smallest absolute Gasteiger partial charge is 0.344 e. The summed E-state index contributed by atoms with van der Waals surface area (Å²) in [4.78, 5) is 36.2. The van der Waals surface area contributed by atoms with Crippen LogP contribution in [0.3, 0.4) is 0 Å². The van der Waals surface area contributed by atoms with Gasteiger partial charge in [-0.3, -0.25) is 9.59 Å². The molecule has 1 saturated carbocycles. The number of benzene rings is 1. The fourth-order valence-electron chi connectivity index (χ4n) is 4.20. The summed E-state index contributed by atoms with van der Waals surface area (Å²) in [5, 5.41) is 12.4. The van der Waals surface area contributed by atoms with E-state index in [2.05, 4.69) is 11.4 Å². The Kier molecular flexibility index (Phi) is 7.95. The van der Waals surface area contributed by atoms with Crippen molar-refractivity contribution in [3.05, 3.63) is 40.6 Å². The minimum absolute atomic E-state index is 0.126. The lowest BCUT2D eigenvalue weighted by molar-refractivity contribution is -0.149. The number of amides is 1. The summed E-state index contributed by atoms with van der Waals surface area (Å²) in [6, 6.07) is 7.03. The lowest BCUT2D eigenvalue weighted by Gasteiger charge is -2.19. The number of methoxy groups -OCH3 is 1. The topological polar surface area (TPSA) is 120 Å². The Morgan fingerprint density at radius 2 is 1.85 bits per heavy atom. The molecule has 0 unspecified atom stereocenters. The van der Waals surface area contributed by atoms with Gasteiger partial charge in [0.2, 0.25) is 0 Å². The molecule has 1 aliphatic rings. The van der Waals surface area contributed by atoms with E-state index in [9.17, 15) is 19.6 Å². The number of Topliss-reactive ketones (excluding diaryl/α,β-unsaturated/α-hetero) is 1. The molecule has 0 atom stereocenters. The van der Waals surface area contributed by atoms with Crippen molar-refractivity contribution < 1.29 is 28.6 Å². The second-order valence-electron chi connectivity index (χ2n) is 8.27. The van der Waals surface area contributed by atoms with Gasteiger partial charge in [0.05, 0.1) is 12.7 Å². The highest BCUT2D eigenvalue weighted by atomic mass is 16.6. The first-order valence-electron chi connectivity index (χ1n) is 11.2. The lowest BCUT2D eigenvalue weighted by Crippen LogP contribution is -2.25. The number of ether oxygens (including phenoxy) is 3. The molecule has 9 heteroatoms. The number of nitrogens with zero attached hydrogens (tertiary/aromatic N) is 2. The molecule has 1 fully saturated rings. The summed E-state index contributed by atoms with van der Waals surface area (Å²) < 4.78 is 17.7. The molecule has 9 nitrogen and oxygen atoms in total. The zero-order valence-electron chi connectivity index (χ0n) is 19.9. The number of nitrogens with one attached hydrogen (secondary N) is 1. The van der Waals surface area contributed by atoms with Gasteiger partial charge in [-0.05, 0) is 57.4 Å². The van der Waals surface area contributed by atoms with E-state index in [1.165, 1.54) is 26.2 Å². The number of esters is 1. The number of carbonyl (C=O) groups is 3. The number of hydrogen-bond donors (Lipinski definition) is 1. The van der Waals surface area contributed by atoms with Crippen molar-refractivity contribution in [2.45, 2.75) is 52.5 Å². The maximum Gasteiger partial charge on any atom is 0.344 e. The number of ketones is 1. The molecule has 1 heterocycles. The van der Waals surface area contributed by atoms with Gasteiger partial charge in [-0.25, -0.2) is 4.79 Å². The second-order valence-corrected chi connectivity index (χ2v) is 8.27. The molecule has 0 spiro atoms. The van der Waals surface area contributed by atoms with Crippen molar-refractivity contribution in [3.8, 4) is 17.6 Å². The molecule has 1 aromatic heterocycles. The van der Waals surface area contributed by atoms with Crippen molar-refractivity contribution >= 4 is 23.5 Å². The number of aromatic nitrogens is 1. The van der Waals surface area contributed by atoms with Crippen LogP contribution in [0.2, 0.25) is 0 Å². The zero-order valence-corrected chi connectivity index (χ0v) is 19.9. The second kappa shape index (κ2) is 10.9. The van der Waals surface area contributed by atoms with Crippen LogP contribution in [0.1, 0.15) is 65.8 Å². The molecule has 0 bridgehead atoms. The molecular formula is C25H29N3O6. The van der Waals surface area contributed by atoms with Gasteiger partial charge >= 0.3 is 5.97 Å². The van der Waals surface area contributed by atoms with Crippen molar-refractivity contribution in [2.24, 2.45) is 0 Å². The van der Waals surface area contributed by atoms with Gasteiger partial charge in [0.1, 0.15) is 11.9 Å². The summed E-state index contributed by atoms with van der Waals surface area (Å²) >= 11 is 0. The number of anilines is 1. The molecule has 3 rings (SSSR count). The van der Waals surface area contributed by atoms with E-state index in [1.54, 1.807) is 6.07 Å². The molecule has 1 N–H and O–H groups in total. The average Bonchev–Trinajstić information content (AvgIpc) is 3.42. The molecule has 1 amide bonds. The van der Waals surface area contributed by atoms with Crippen LogP contribution in [0.15, 0.2) is 18.2 Å². The molecule has 180 valence electrons. The van der Waals surface area contributed by atoms with Gasteiger partial charge in [-0.15, -0.1) is 0 Å². The van der Waals surface area contributed by atoms with E-state index < -0.39 is 25.1 Å². The molecule has 1 aliphatic carbocycles. The van der Waals surface area contributed by atoms with Gasteiger partial charge in [0.15, 0.2) is 30.5 Å². The third-order valence-corrected chi connectivity index (χ3v) is 6.10. The summed E-state index contributed by atoms with van der Waals surface area (Å²) in [5.41, 5.74) is 2.66. The van der Waals surface area contributed by atoms with E-state index in [-0.39, 0.29) is 17.6 Å². The summed E-state index contributed by atoms with van der Waals surface area (Å²) in [6.07, 6.45) is 4.20. The zero-order chi connectivity index (χ0) is 24.8. The van der Waals surface area contributed by atoms with Gasteiger partial charge < -0.3 is 24.1 Å². The van der Waals surface area contributed by atoms with Crippen LogP contribution >= 0.6 is 0 Å². The average molecular weight is 468 g/mol. The Labute approximate surface area is 198 Å². The Hall–Kier alpha value is -3.80. The monoisotopic (exact) mass is 467 g/mol. The maximum absolute atomic E-state index is 12.5. The summed E-state index contributed by atoms with van der Waals surface area (Å²) in [5.74, 6) is -0.373. The fraction of sp³-hybridized carbons (Fsp3) is 0.440. The minimum Gasteiger partial charge on any atom is -0.493 e. The Morgan fingerprint density at radius 3 is 2.47 bits per heavy atom. The minimum atomic E-state index is -0.744. The van der Waals surface area contributed by atoms with Gasteiger partial charge in [-0.1, -0.05) is 12.8 Å². The summed E-state index contributed by atoms with van der Waals surface area (Å²) in [6.45, 7) is 4.29. The Morgan fingerprint density at radius 1 is 1.15 bits per heavy atom. The molecule has 0 radical (unpaired) electrons. The lowest BCUT2D eigenvalue weighted by atomic mass is 10.1. The van der Waals surface area contributed by atoms with Crippen LogP contribution in [0.25, 0.3) is 0 Å². The first-order chi connectivity index (χ1) is 16.3. The van der Waals surface area contributed by atoms with Crippen LogP contribution in [0, 0.1) is 25.2 Å². The number of carbonyl (C=O) groups excluding carboxylic acids is 3.